The summed E-state index contributed by atoms with van der Waals surface area (Å²) in [5, 5.41) is 0. The molecular formula is C50H100O10. The van der Waals surface area contributed by atoms with Crippen LogP contribution in [0.1, 0.15) is 142 Å². The molecule has 10 heteroatoms. The van der Waals surface area contributed by atoms with E-state index in [1.54, 1.807) is 0 Å². The van der Waals surface area contributed by atoms with Crippen LogP contribution in [0.2, 0.25) is 0 Å². The van der Waals surface area contributed by atoms with Gasteiger partial charge in [-0.3, -0.25) is 0 Å². The molecule has 0 spiro atoms. The molecule has 0 aromatic rings. The molecule has 0 aliphatic carbocycles. The van der Waals surface area contributed by atoms with Crippen LogP contribution < -0.4 is 0 Å². The average Bonchev–Trinajstić information content (AvgIpc) is 3.18. The lowest BCUT2D eigenvalue weighted by Crippen LogP contribution is -2.40. The van der Waals surface area contributed by atoms with Crippen LogP contribution in [-0.4, -0.2) is 129 Å². The Hall–Kier alpha value is -0.400. The molecule has 1 heterocycles. The molecule has 360 valence electrons. The van der Waals surface area contributed by atoms with Crippen LogP contribution in [-0.2, 0) is 47.4 Å². The normalized spacial score (nSPS) is 20.6. The molecule has 10 nitrogen and oxygen atoms in total. The third-order valence-corrected chi connectivity index (χ3v) is 11.6. The summed E-state index contributed by atoms with van der Waals surface area (Å²) >= 11 is 0. The average molecular weight is 861 g/mol. The summed E-state index contributed by atoms with van der Waals surface area (Å²) in [6.45, 7) is 41.4. The molecule has 8 unspecified atom stereocenters. The van der Waals surface area contributed by atoms with Gasteiger partial charge in [-0.1, -0.05) is 117 Å². The van der Waals surface area contributed by atoms with Gasteiger partial charge >= 0.3 is 0 Å². The summed E-state index contributed by atoms with van der Waals surface area (Å²) in [6, 6.07) is 0. The summed E-state index contributed by atoms with van der Waals surface area (Å²) in [5.74, 6) is 4.78. The molecule has 10 atom stereocenters. The lowest BCUT2D eigenvalue weighted by molar-refractivity contribution is -0.170. The lowest BCUT2D eigenvalue weighted by Gasteiger charge is -2.31. The predicted molar refractivity (Wildman–Crippen MR) is 246 cm³/mol. The van der Waals surface area contributed by atoms with Gasteiger partial charge in [-0.05, 0) is 73.0 Å². The monoisotopic (exact) mass is 861 g/mol. The quantitative estimate of drug-likeness (QED) is 0.0595. The van der Waals surface area contributed by atoms with Crippen molar-refractivity contribution in [3.8, 4) is 0 Å². The molecule has 1 saturated heterocycles. The van der Waals surface area contributed by atoms with E-state index in [4.69, 9.17) is 47.4 Å². The maximum atomic E-state index is 6.67. The fourth-order valence-corrected chi connectivity index (χ4v) is 7.38. The van der Waals surface area contributed by atoms with Gasteiger partial charge in [0.1, 0.15) is 18.3 Å². The smallest absolute Gasteiger partial charge is 0.105 e. The second-order valence-corrected chi connectivity index (χ2v) is 20.2. The Morgan fingerprint density at radius 3 is 1.52 bits per heavy atom. The van der Waals surface area contributed by atoms with Crippen LogP contribution in [0.3, 0.4) is 0 Å². The van der Waals surface area contributed by atoms with Crippen molar-refractivity contribution in [2.75, 3.05) is 92.5 Å². The second-order valence-electron chi connectivity index (χ2n) is 20.2. The molecule has 0 aromatic heterocycles. The van der Waals surface area contributed by atoms with E-state index in [1.165, 1.54) is 6.42 Å². The Morgan fingerprint density at radius 1 is 0.433 bits per heavy atom. The maximum absolute atomic E-state index is 6.67. The van der Waals surface area contributed by atoms with Crippen molar-refractivity contribution in [2.24, 2.45) is 53.3 Å². The van der Waals surface area contributed by atoms with Crippen LogP contribution >= 0.6 is 0 Å². The van der Waals surface area contributed by atoms with E-state index in [-0.39, 0.29) is 42.5 Å². The topological polar surface area (TPSA) is 92.3 Å². The highest BCUT2D eigenvalue weighted by molar-refractivity contribution is 4.72. The molecule has 0 saturated carbocycles. The summed E-state index contributed by atoms with van der Waals surface area (Å²) in [6.07, 6.45) is 5.62. The third kappa shape index (κ3) is 29.1. The Morgan fingerprint density at radius 2 is 0.967 bits per heavy atom. The lowest BCUT2D eigenvalue weighted by atomic mass is 9.88. The second kappa shape index (κ2) is 34.9. The highest BCUT2D eigenvalue weighted by Gasteiger charge is 2.26. The molecule has 0 aromatic carbocycles. The summed E-state index contributed by atoms with van der Waals surface area (Å²) in [7, 11) is 0. The minimum atomic E-state index is -0.278. The van der Waals surface area contributed by atoms with Crippen LogP contribution in [0.5, 0.6) is 0 Å². The molecule has 1 fully saturated rings. The van der Waals surface area contributed by atoms with Crippen LogP contribution in [0.25, 0.3) is 0 Å². The van der Waals surface area contributed by atoms with Crippen molar-refractivity contribution in [2.45, 2.75) is 179 Å². The summed E-state index contributed by atoms with van der Waals surface area (Å²) in [5.41, 5.74) is 0. The number of ether oxygens (including phenoxy) is 10. The Bertz CT molecular complexity index is 963. The van der Waals surface area contributed by atoms with Gasteiger partial charge in [0.2, 0.25) is 0 Å². The first-order valence-electron chi connectivity index (χ1n) is 24.6. The zero-order valence-corrected chi connectivity index (χ0v) is 41.9. The fourth-order valence-electron chi connectivity index (χ4n) is 7.38. The Balaban J connectivity index is 2.90. The standard InChI is InChI=1S/C50H100O10/c1-16-41(14)24-57-48(30-54-28-46(20-37(6)7)58-26-43(17-2)39(10)11)31-56-33-49(32-52-23-42(15)22-51-25-44(40(12)13)19-36(4)5)59-45(18-3)27-53-34-50-35-55-29-47(60-50)21-38(8)9/h36-50H,16-35H2,1-15H3/t41-,42+,43?,44?,45?,46?,47?,48?,49?,50?/m0/s1. The zero-order valence-electron chi connectivity index (χ0n) is 41.9. The van der Waals surface area contributed by atoms with E-state index in [9.17, 15) is 0 Å². The first kappa shape index (κ1) is 57.6. The third-order valence-electron chi connectivity index (χ3n) is 11.6. The van der Waals surface area contributed by atoms with Gasteiger partial charge in [-0.15, -0.1) is 0 Å². The van der Waals surface area contributed by atoms with Crippen molar-refractivity contribution in [1.29, 1.82) is 0 Å². The van der Waals surface area contributed by atoms with Gasteiger partial charge in [-0.25, -0.2) is 0 Å². The van der Waals surface area contributed by atoms with E-state index in [2.05, 4.69) is 104 Å². The van der Waals surface area contributed by atoms with Gasteiger partial charge in [0.25, 0.3) is 0 Å². The first-order chi connectivity index (χ1) is 28.6. The van der Waals surface area contributed by atoms with Crippen molar-refractivity contribution in [3.63, 3.8) is 0 Å². The first-order valence-corrected chi connectivity index (χ1v) is 24.6. The largest absolute Gasteiger partial charge is 0.381 e. The predicted octanol–water partition coefficient (Wildman–Crippen LogP) is 10.6. The fraction of sp³-hybridized carbons (Fsp3) is 1.00. The Kier molecular flexibility index (Phi) is 33.5. The molecule has 1 aliphatic heterocycles. The van der Waals surface area contributed by atoms with Crippen molar-refractivity contribution in [1.82, 2.24) is 0 Å². The van der Waals surface area contributed by atoms with Crippen LogP contribution in [0.15, 0.2) is 0 Å². The van der Waals surface area contributed by atoms with E-state index >= 15 is 0 Å². The summed E-state index contributed by atoms with van der Waals surface area (Å²) in [4.78, 5) is 0. The van der Waals surface area contributed by atoms with Crippen LogP contribution in [0, 0.1) is 53.3 Å². The van der Waals surface area contributed by atoms with Crippen molar-refractivity contribution < 1.29 is 47.4 Å². The SMILES string of the molecule is CCC(COCC1COCC(CC(C)C)O1)OC(COCC(COCC(CC(C)C)OCC(CC)C(C)C)OC[C@@H](C)CC)COC[C@H](C)COCC(CC(C)C)C(C)C. The van der Waals surface area contributed by atoms with Crippen molar-refractivity contribution >= 4 is 0 Å². The van der Waals surface area contributed by atoms with Crippen molar-refractivity contribution in [3.05, 3.63) is 0 Å². The molecule has 1 rings (SSSR count). The van der Waals surface area contributed by atoms with Gasteiger partial charge in [0.05, 0.1) is 97.6 Å². The zero-order chi connectivity index (χ0) is 44.9. The van der Waals surface area contributed by atoms with E-state index in [0.717, 1.165) is 45.3 Å². The molecule has 0 radical (unpaired) electrons. The number of rotatable bonds is 39. The van der Waals surface area contributed by atoms with Crippen LogP contribution in [0.4, 0.5) is 0 Å². The Labute approximate surface area is 371 Å². The molecule has 0 N–H and O–H groups in total. The molecule has 1 aliphatic rings. The maximum Gasteiger partial charge on any atom is 0.105 e. The van der Waals surface area contributed by atoms with E-state index < -0.39 is 0 Å². The highest BCUT2D eigenvalue weighted by Crippen LogP contribution is 2.22. The van der Waals surface area contributed by atoms with Gasteiger partial charge in [0.15, 0.2) is 0 Å². The minimum Gasteiger partial charge on any atom is -0.381 e. The molecular weight excluding hydrogens is 761 g/mol. The van der Waals surface area contributed by atoms with Gasteiger partial charge in [0, 0.05) is 19.1 Å². The molecule has 60 heavy (non-hydrogen) atoms. The van der Waals surface area contributed by atoms with Gasteiger partial charge in [-0.2, -0.15) is 0 Å². The highest BCUT2D eigenvalue weighted by atomic mass is 16.6. The van der Waals surface area contributed by atoms with E-state index in [0.29, 0.717) is 127 Å². The molecule has 0 amide bonds. The summed E-state index contributed by atoms with van der Waals surface area (Å²) < 4.78 is 63.2. The minimum absolute atomic E-state index is 0.0557. The van der Waals surface area contributed by atoms with E-state index in [1.807, 2.05) is 0 Å². The van der Waals surface area contributed by atoms with Gasteiger partial charge < -0.3 is 47.4 Å². The molecule has 0 bridgehead atoms. The number of hydrogen-bond acceptors (Lipinski definition) is 10. The number of hydrogen-bond donors (Lipinski definition) is 0.